The number of amidine groups is 1. The molecule has 5 rings (SSSR count). The lowest BCUT2D eigenvalue weighted by molar-refractivity contribution is -0.121. The zero-order valence-corrected chi connectivity index (χ0v) is 21.0. The van der Waals surface area contributed by atoms with E-state index >= 15 is 0 Å². The third-order valence-electron chi connectivity index (χ3n) is 5.94. The quantitative estimate of drug-likeness (QED) is 0.464. The average Bonchev–Trinajstić information content (AvgIpc) is 3.50. The van der Waals surface area contributed by atoms with E-state index in [-0.39, 0.29) is 24.3 Å². The van der Waals surface area contributed by atoms with Gasteiger partial charge < -0.3 is 10.1 Å². The van der Waals surface area contributed by atoms with Crippen LogP contribution in [0.3, 0.4) is 0 Å². The van der Waals surface area contributed by atoms with Gasteiger partial charge in [0.05, 0.1) is 29.6 Å². The van der Waals surface area contributed by atoms with Gasteiger partial charge in [-0.2, -0.15) is 10.1 Å². The molecule has 3 aromatic carbocycles. The molecule has 0 radical (unpaired) electrons. The summed E-state index contributed by atoms with van der Waals surface area (Å²) in [7, 11) is 1.63. The third kappa shape index (κ3) is 5.15. The molecule has 0 bridgehead atoms. The topological polar surface area (TPSA) is 83.4 Å². The van der Waals surface area contributed by atoms with E-state index in [1.54, 1.807) is 36.4 Å². The summed E-state index contributed by atoms with van der Waals surface area (Å²) in [5, 5.41) is 9.75. The molecule has 36 heavy (non-hydrogen) atoms. The Balaban J connectivity index is 1.36. The van der Waals surface area contributed by atoms with Crippen LogP contribution in [0.1, 0.15) is 30.0 Å². The molecule has 2 aliphatic rings. The molecule has 0 unspecified atom stereocenters. The molecular formula is C27H23ClN4O3S. The lowest BCUT2D eigenvalue weighted by atomic mass is 9.98. The van der Waals surface area contributed by atoms with Crippen molar-refractivity contribution in [3.05, 3.63) is 95.0 Å². The summed E-state index contributed by atoms with van der Waals surface area (Å²) in [5.41, 5.74) is 3.40. The maximum atomic E-state index is 12.8. The van der Waals surface area contributed by atoms with Crippen molar-refractivity contribution in [2.75, 3.05) is 12.4 Å². The fourth-order valence-corrected chi connectivity index (χ4v) is 5.38. The van der Waals surface area contributed by atoms with Gasteiger partial charge in [0.15, 0.2) is 5.17 Å². The highest BCUT2D eigenvalue weighted by atomic mass is 35.5. The predicted octanol–water partition coefficient (Wildman–Crippen LogP) is 5.53. The first-order valence-electron chi connectivity index (χ1n) is 11.4. The number of benzene rings is 3. The van der Waals surface area contributed by atoms with E-state index in [9.17, 15) is 9.59 Å². The number of carbonyl (C=O) groups excluding carboxylic acids is 2. The molecule has 182 valence electrons. The van der Waals surface area contributed by atoms with Crippen molar-refractivity contribution < 1.29 is 14.3 Å². The second-order valence-corrected chi connectivity index (χ2v) is 9.90. The molecule has 3 aromatic rings. The number of halogens is 1. The second kappa shape index (κ2) is 10.6. The number of amides is 2. The highest BCUT2D eigenvalue weighted by molar-refractivity contribution is 8.15. The van der Waals surface area contributed by atoms with Gasteiger partial charge in [0.25, 0.3) is 5.91 Å². The zero-order valence-electron chi connectivity index (χ0n) is 19.4. The van der Waals surface area contributed by atoms with Crippen LogP contribution in [0.15, 0.2) is 89.0 Å². The number of rotatable bonds is 6. The second-order valence-electron chi connectivity index (χ2n) is 8.33. The van der Waals surface area contributed by atoms with Crippen molar-refractivity contribution >= 4 is 51.7 Å². The fraction of sp³-hybridized carbons (Fsp3) is 0.185. The van der Waals surface area contributed by atoms with Crippen LogP contribution in [0, 0.1) is 0 Å². The van der Waals surface area contributed by atoms with Crippen LogP contribution < -0.4 is 10.1 Å². The number of hydrogen-bond acceptors (Lipinski definition) is 6. The Labute approximate surface area is 218 Å². The Morgan fingerprint density at radius 3 is 2.67 bits per heavy atom. The molecule has 7 nitrogen and oxygen atoms in total. The largest absolute Gasteiger partial charge is 0.497 e. The number of para-hydroxylation sites is 1. The zero-order chi connectivity index (χ0) is 25.1. The number of hydrazone groups is 1. The van der Waals surface area contributed by atoms with Crippen molar-refractivity contribution in [3.63, 3.8) is 0 Å². The number of ether oxygens (including phenoxy) is 1. The molecule has 2 aliphatic heterocycles. The number of thioether (sulfide) groups is 1. The molecule has 1 N–H and O–H groups in total. The summed E-state index contributed by atoms with van der Waals surface area (Å²) < 4.78 is 5.38. The van der Waals surface area contributed by atoms with Gasteiger partial charge in [-0.1, -0.05) is 78.0 Å². The monoisotopic (exact) mass is 518 g/mol. The predicted molar refractivity (Wildman–Crippen MR) is 144 cm³/mol. The van der Waals surface area contributed by atoms with Gasteiger partial charge in [0.1, 0.15) is 11.0 Å². The number of nitrogens with zero attached hydrogens (tertiary/aromatic N) is 3. The summed E-state index contributed by atoms with van der Waals surface area (Å²) >= 11 is 7.40. The fourth-order valence-electron chi connectivity index (χ4n) is 4.14. The van der Waals surface area contributed by atoms with Crippen molar-refractivity contribution in [2.24, 2.45) is 10.1 Å². The Morgan fingerprint density at radius 2 is 1.89 bits per heavy atom. The average molecular weight is 519 g/mol. The maximum absolute atomic E-state index is 12.8. The first kappa shape index (κ1) is 24.1. The van der Waals surface area contributed by atoms with Gasteiger partial charge in [-0.3, -0.25) is 9.59 Å². The first-order chi connectivity index (χ1) is 17.5. The first-order valence-corrected chi connectivity index (χ1v) is 12.7. The molecule has 2 heterocycles. The van der Waals surface area contributed by atoms with E-state index in [0.29, 0.717) is 22.3 Å². The van der Waals surface area contributed by atoms with E-state index in [1.165, 1.54) is 11.8 Å². The van der Waals surface area contributed by atoms with E-state index in [2.05, 4.69) is 10.3 Å². The molecule has 9 heteroatoms. The minimum Gasteiger partial charge on any atom is -0.497 e. The molecular weight excluding hydrogens is 496 g/mol. The van der Waals surface area contributed by atoms with Gasteiger partial charge in [-0.25, -0.2) is 5.01 Å². The summed E-state index contributed by atoms with van der Waals surface area (Å²) in [5.74, 6) is 0.102. The number of aliphatic imine (C=N–C) groups is 1. The molecule has 2 atom stereocenters. The summed E-state index contributed by atoms with van der Waals surface area (Å²) in [6.07, 6.45) is 0.626. The Hall–Kier alpha value is -3.62. The van der Waals surface area contributed by atoms with Gasteiger partial charge in [-0.15, -0.1) is 0 Å². The molecule has 0 aromatic heterocycles. The smallest absolute Gasteiger partial charge is 0.262 e. The minimum atomic E-state index is -0.630. The summed E-state index contributed by atoms with van der Waals surface area (Å²) in [6, 6.07) is 24.6. The lowest BCUT2D eigenvalue weighted by Crippen LogP contribution is -2.25. The van der Waals surface area contributed by atoms with Crippen molar-refractivity contribution in [3.8, 4) is 5.75 Å². The van der Waals surface area contributed by atoms with Crippen molar-refractivity contribution in [2.45, 2.75) is 24.1 Å². The highest BCUT2D eigenvalue weighted by Gasteiger charge is 2.39. The molecule has 2 amide bonds. The van der Waals surface area contributed by atoms with Gasteiger partial charge in [-0.05, 0) is 29.8 Å². The van der Waals surface area contributed by atoms with Crippen molar-refractivity contribution in [1.29, 1.82) is 0 Å². The van der Waals surface area contributed by atoms with Gasteiger partial charge in [0, 0.05) is 18.4 Å². The Kier molecular flexibility index (Phi) is 7.06. The summed E-state index contributed by atoms with van der Waals surface area (Å²) in [6.45, 7) is 0. The van der Waals surface area contributed by atoms with Crippen LogP contribution in [0.2, 0.25) is 5.02 Å². The Bertz CT molecular complexity index is 1360. The van der Waals surface area contributed by atoms with E-state index < -0.39 is 5.25 Å². The van der Waals surface area contributed by atoms with Gasteiger partial charge in [0.2, 0.25) is 5.91 Å². The van der Waals surface area contributed by atoms with Crippen LogP contribution >= 0.6 is 23.4 Å². The molecule has 0 spiro atoms. The van der Waals surface area contributed by atoms with E-state index in [1.807, 2.05) is 54.6 Å². The number of anilines is 1. The summed E-state index contributed by atoms with van der Waals surface area (Å²) in [4.78, 5) is 29.7. The van der Waals surface area contributed by atoms with Crippen molar-refractivity contribution in [1.82, 2.24) is 5.01 Å². The number of hydrogen-bond donors (Lipinski definition) is 1. The number of nitrogens with one attached hydrogen (secondary N) is 1. The standard InChI is InChI=1S/C27H23ClN4O3S/c1-35-19-11-7-10-18(14-19)22-15-23(17-8-3-2-4-9-17)32(31-22)27-30-26(34)24(36-27)16-25(33)29-21-13-6-5-12-20(21)28/h2-14,23-24H,15-16H2,1H3,(H,29,33)/t23-,24-/m0/s1. The molecule has 0 fully saturated rings. The number of carbonyl (C=O) groups is 2. The molecule has 0 saturated carbocycles. The van der Waals surface area contributed by atoms with Crippen LogP contribution in [0.5, 0.6) is 5.75 Å². The van der Waals surface area contributed by atoms with Crippen LogP contribution in [-0.2, 0) is 9.59 Å². The Morgan fingerprint density at radius 1 is 1.11 bits per heavy atom. The molecule has 0 saturated heterocycles. The normalized spacial score (nSPS) is 19.2. The lowest BCUT2D eigenvalue weighted by Gasteiger charge is -2.23. The van der Waals surface area contributed by atoms with E-state index in [0.717, 1.165) is 22.6 Å². The van der Waals surface area contributed by atoms with Crippen LogP contribution in [-0.4, -0.2) is 40.1 Å². The van der Waals surface area contributed by atoms with Crippen LogP contribution in [0.4, 0.5) is 5.69 Å². The minimum absolute atomic E-state index is 0.0159. The number of methoxy groups -OCH3 is 1. The van der Waals surface area contributed by atoms with Gasteiger partial charge >= 0.3 is 0 Å². The SMILES string of the molecule is COc1cccc(C2=NN(C3=NC(=O)[C@H](CC(=O)Nc4ccccc4Cl)S3)[C@H](c3ccccc3)C2)c1. The van der Waals surface area contributed by atoms with Crippen LogP contribution in [0.25, 0.3) is 0 Å². The van der Waals surface area contributed by atoms with E-state index in [4.69, 9.17) is 21.4 Å². The maximum Gasteiger partial charge on any atom is 0.262 e. The third-order valence-corrected chi connectivity index (χ3v) is 7.41. The molecule has 0 aliphatic carbocycles. The highest BCUT2D eigenvalue weighted by Crippen LogP contribution is 2.39.